The fourth-order valence-corrected chi connectivity index (χ4v) is 4.31. The Morgan fingerprint density at radius 1 is 1.16 bits per heavy atom. The number of methoxy groups -OCH3 is 1. The van der Waals surface area contributed by atoms with Gasteiger partial charge in [-0.05, 0) is 45.2 Å². The van der Waals surface area contributed by atoms with E-state index in [1.165, 1.54) is 13.2 Å². The summed E-state index contributed by atoms with van der Waals surface area (Å²) in [6.45, 7) is 6.36. The van der Waals surface area contributed by atoms with Crippen molar-refractivity contribution in [2.45, 2.75) is 51.9 Å². The molecule has 0 aromatic heterocycles. The second-order valence-electron chi connectivity index (χ2n) is 10.1. The number of carbonyl (C=O) groups is 2. The van der Waals surface area contributed by atoms with E-state index < -0.39 is 35.5 Å². The molecule has 0 unspecified atom stereocenters. The lowest BCUT2D eigenvalue weighted by molar-refractivity contribution is -0.0259. The zero-order valence-corrected chi connectivity index (χ0v) is 22.3. The smallest absolute Gasteiger partial charge is 0.410 e. The maximum atomic E-state index is 15.1. The van der Waals surface area contributed by atoms with Crippen molar-refractivity contribution in [2.24, 2.45) is 5.92 Å². The Morgan fingerprint density at radius 2 is 1.89 bits per heavy atom. The van der Waals surface area contributed by atoms with Crippen LogP contribution in [0.4, 0.5) is 18.4 Å². The van der Waals surface area contributed by atoms with Crippen LogP contribution in [0.2, 0.25) is 0 Å². The predicted octanol–water partition coefficient (Wildman–Crippen LogP) is 5.60. The molecule has 1 heterocycles. The minimum atomic E-state index is -0.850. The minimum absolute atomic E-state index is 0.0406. The molecule has 1 saturated heterocycles. The third-order valence-corrected chi connectivity index (χ3v) is 5.96. The van der Waals surface area contributed by atoms with E-state index in [1.807, 2.05) is 30.3 Å². The van der Waals surface area contributed by atoms with Gasteiger partial charge < -0.3 is 29.2 Å². The molecule has 2 aromatic carbocycles. The largest absolute Gasteiger partial charge is 0.485 e. The molecule has 1 aliphatic rings. The average molecular weight is 535 g/mol. The summed E-state index contributed by atoms with van der Waals surface area (Å²) in [5, 5.41) is 2.53. The molecule has 0 bridgehead atoms. The van der Waals surface area contributed by atoms with Crippen molar-refractivity contribution in [3.8, 4) is 5.75 Å². The van der Waals surface area contributed by atoms with Crippen LogP contribution in [-0.2, 0) is 20.8 Å². The first-order valence-electron chi connectivity index (χ1n) is 12.6. The van der Waals surface area contributed by atoms with Crippen LogP contribution in [-0.4, -0.2) is 56.0 Å². The molecule has 0 spiro atoms. The number of benzene rings is 2. The lowest BCUT2D eigenvalue weighted by Gasteiger charge is -2.38. The van der Waals surface area contributed by atoms with E-state index in [1.54, 1.807) is 25.7 Å². The van der Waals surface area contributed by atoms with Gasteiger partial charge in [-0.25, -0.2) is 18.4 Å². The summed E-state index contributed by atoms with van der Waals surface area (Å²) < 4.78 is 51.7. The molecule has 10 heteroatoms. The van der Waals surface area contributed by atoms with Crippen molar-refractivity contribution in [2.75, 3.05) is 33.4 Å². The topological polar surface area (TPSA) is 86.3 Å². The van der Waals surface area contributed by atoms with Crippen LogP contribution in [0, 0.1) is 17.6 Å². The molecule has 0 saturated carbocycles. The Balaban J connectivity index is 1.88. The molecule has 2 amide bonds. The van der Waals surface area contributed by atoms with Crippen molar-refractivity contribution in [3.05, 3.63) is 65.2 Å². The number of likely N-dealkylation sites (tertiary alicyclic amines) is 1. The van der Waals surface area contributed by atoms with Crippen LogP contribution in [0.15, 0.2) is 42.5 Å². The Kier molecular flexibility index (Phi) is 10.3. The van der Waals surface area contributed by atoms with Crippen molar-refractivity contribution in [1.82, 2.24) is 10.2 Å². The van der Waals surface area contributed by atoms with Crippen molar-refractivity contribution < 1.29 is 37.3 Å². The van der Waals surface area contributed by atoms with E-state index in [9.17, 15) is 14.0 Å². The van der Waals surface area contributed by atoms with E-state index in [0.717, 1.165) is 11.6 Å². The molecule has 8 nitrogen and oxygen atoms in total. The van der Waals surface area contributed by atoms with Crippen molar-refractivity contribution in [1.29, 1.82) is 0 Å². The van der Waals surface area contributed by atoms with Gasteiger partial charge in [0.25, 0.3) is 0 Å². The number of rotatable bonds is 9. The van der Waals surface area contributed by atoms with Crippen molar-refractivity contribution >= 4 is 12.2 Å². The van der Waals surface area contributed by atoms with Gasteiger partial charge in [-0.1, -0.05) is 30.3 Å². The first kappa shape index (κ1) is 29.2. The third kappa shape index (κ3) is 8.58. The quantitative estimate of drug-likeness (QED) is 0.421. The van der Waals surface area contributed by atoms with Gasteiger partial charge in [0.05, 0.1) is 19.8 Å². The molecule has 2 atom stereocenters. The highest BCUT2D eigenvalue weighted by Gasteiger charge is 2.35. The molecule has 38 heavy (non-hydrogen) atoms. The zero-order valence-electron chi connectivity index (χ0n) is 22.3. The van der Waals surface area contributed by atoms with Gasteiger partial charge in [0.2, 0.25) is 0 Å². The summed E-state index contributed by atoms with van der Waals surface area (Å²) in [5.41, 5.74) is 0.354. The van der Waals surface area contributed by atoms with Gasteiger partial charge in [-0.15, -0.1) is 0 Å². The Hall–Kier alpha value is -3.40. The van der Waals surface area contributed by atoms with Crippen LogP contribution >= 0.6 is 0 Å². The molecule has 0 aliphatic carbocycles. The number of ether oxygens (including phenoxy) is 4. The second-order valence-corrected chi connectivity index (χ2v) is 10.1. The Morgan fingerprint density at radius 3 is 2.58 bits per heavy atom. The van der Waals surface area contributed by atoms with E-state index in [4.69, 9.17) is 14.2 Å². The van der Waals surface area contributed by atoms with E-state index in [2.05, 4.69) is 10.1 Å². The van der Waals surface area contributed by atoms with Gasteiger partial charge in [0.15, 0.2) is 11.6 Å². The first-order valence-corrected chi connectivity index (χ1v) is 12.6. The number of piperidine rings is 1. The summed E-state index contributed by atoms with van der Waals surface area (Å²) in [4.78, 5) is 25.8. The number of carbonyl (C=O) groups excluding carboxylic acids is 2. The monoisotopic (exact) mass is 534 g/mol. The number of amides is 2. The normalized spacial score (nSPS) is 16.5. The van der Waals surface area contributed by atoms with Crippen LogP contribution in [0.3, 0.4) is 0 Å². The highest BCUT2D eigenvalue weighted by atomic mass is 19.1. The fraction of sp³-hybridized carbons (Fsp3) is 0.500. The minimum Gasteiger partial charge on any atom is -0.485 e. The predicted molar refractivity (Wildman–Crippen MR) is 137 cm³/mol. The van der Waals surface area contributed by atoms with Gasteiger partial charge in [-0.3, -0.25) is 0 Å². The standard InChI is InChI=1S/C28H36F2N2O6/c1-28(2,3)38-27(34)32-13-8-11-20(17-32)24(36-14-12-31-26(33)35-4)22-15-21(29)16-23(30)25(22)37-18-19-9-6-5-7-10-19/h5-7,9-10,15-16,20,24H,8,11-14,17-18H2,1-4H3,(H,31,33)/t20-,24-/m1/s1. The number of halogens is 2. The highest BCUT2D eigenvalue weighted by Crippen LogP contribution is 2.39. The number of hydrogen-bond donors (Lipinski definition) is 1. The number of alkyl carbamates (subject to hydrolysis) is 1. The van der Waals surface area contributed by atoms with Crippen LogP contribution < -0.4 is 10.1 Å². The lowest BCUT2D eigenvalue weighted by Crippen LogP contribution is -2.44. The van der Waals surface area contributed by atoms with Gasteiger partial charge in [0, 0.05) is 37.2 Å². The number of hydrogen-bond acceptors (Lipinski definition) is 6. The molecule has 2 aromatic rings. The molecule has 1 N–H and O–H groups in total. The maximum Gasteiger partial charge on any atom is 0.410 e. The SMILES string of the molecule is COC(=O)NCCO[C@@H](c1cc(F)cc(F)c1OCc1ccccc1)[C@@H]1CCCN(C(=O)OC(C)(C)C)C1. The summed E-state index contributed by atoms with van der Waals surface area (Å²) in [6, 6.07) is 11.2. The first-order chi connectivity index (χ1) is 18.1. The summed E-state index contributed by atoms with van der Waals surface area (Å²) in [7, 11) is 1.25. The van der Waals surface area contributed by atoms with Crippen LogP contribution in [0.25, 0.3) is 0 Å². The van der Waals surface area contributed by atoms with Crippen LogP contribution in [0.1, 0.15) is 50.8 Å². The maximum absolute atomic E-state index is 15.1. The number of nitrogens with zero attached hydrogens (tertiary/aromatic N) is 1. The Labute approximate surface area is 222 Å². The van der Waals surface area contributed by atoms with Gasteiger partial charge >= 0.3 is 12.2 Å². The molecule has 1 aliphatic heterocycles. The molecular formula is C28H36F2N2O6. The van der Waals surface area contributed by atoms with E-state index >= 15 is 4.39 Å². The van der Waals surface area contributed by atoms with E-state index in [-0.39, 0.29) is 43.5 Å². The van der Waals surface area contributed by atoms with Gasteiger partial charge in [0.1, 0.15) is 18.0 Å². The van der Waals surface area contributed by atoms with Gasteiger partial charge in [-0.2, -0.15) is 0 Å². The summed E-state index contributed by atoms with van der Waals surface area (Å²) in [6.07, 6.45) is -0.607. The molecular weight excluding hydrogens is 498 g/mol. The molecule has 1 fully saturated rings. The molecule has 3 rings (SSSR count). The summed E-state index contributed by atoms with van der Waals surface area (Å²) >= 11 is 0. The fourth-order valence-electron chi connectivity index (χ4n) is 4.31. The summed E-state index contributed by atoms with van der Waals surface area (Å²) in [5.74, 6) is -2.05. The lowest BCUT2D eigenvalue weighted by atomic mass is 9.87. The van der Waals surface area contributed by atoms with Crippen molar-refractivity contribution in [3.63, 3.8) is 0 Å². The molecule has 0 radical (unpaired) electrons. The highest BCUT2D eigenvalue weighted by molar-refractivity contribution is 5.68. The number of nitrogens with one attached hydrogen (secondary N) is 1. The Bertz CT molecular complexity index is 1080. The average Bonchev–Trinajstić information content (AvgIpc) is 2.87. The van der Waals surface area contributed by atoms with Crippen LogP contribution in [0.5, 0.6) is 5.75 Å². The second kappa shape index (κ2) is 13.4. The third-order valence-electron chi connectivity index (χ3n) is 5.96. The zero-order chi connectivity index (χ0) is 27.7. The van der Waals surface area contributed by atoms with E-state index in [0.29, 0.717) is 19.4 Å². The molecule has 208 valence electrons.